The topological polar surface area (TPSA) is 66.4 Å². The van der Waals surface area contributed by atoms with Crippen molar-refractivity contribution in [1.29, 1.82) is 0 Å². The van der Waals surface area contributed by atoms with E-state index in [1.165, 1.54) is 0 Å². The lowest BCUT2D eigenvalue weighted by Gasteiger charge is -2.21. The van der Waals surface area contributed by atoms with E-state index in [9.17, 15) is 9.59 Å². The number of benzene rings is 1. The van der Waals surface area contributed by atoms with Gasteiger partial charge in [0.25, 0.3) is 0 Å². The summed E-state index contributed by atoms with van der Waals surface area (Å²) in [6.45, 7) is 1.88. The Labute approximate surface area is 110 Å². The van der Waals surface area contributed by atoms with Crippen LogP contribution in [-0.2, 0) is 16.0 Å². The van der Waals surface area contributed by atoms with Gasteiger partial charge in [0.2, 0.25) is 5.91 Å². The van der Waals surface area contributed by atoms with Crippen LogP contribution in [0.1, 0.15) is 25.3 Å². The molecule has 0 bridgehead atoms. The summed E-state index contributed by atoms with van der Waals surface area (Å²) in [5.41, 5.74) is 1.97. The first-order valence-corrected chi connectivity index (χ1v) is 6.76. The highest BCUT2D eigenvalue weighted by atomic mass is 32.2. The van der Waals surface area contributed by atoms with Gasteiger partial charge in [0.15, 0.2) is 0 Å². The van der Waals surface area contributed by atoms with Crippen LogP contribution in [0.25, 0.3) is 0 Å². The number of hydrogen-bond acceptors (Lipinski definition) is 3. The van der Waals surface area contributed by atoms with E-state index in [0.717, 1.165) is 22.6 Å². The van der Waals surface area contributed by atoms with Gasteiger partial charge in [-0.3, -0.25) is 9.59 Å². The Morgan fingerprint density at radius 2 is 2.28 bits per heavy atom. The molecule has 0 aromatic heterocycles. The Kier molecular flexibility index (Phi) is 3.91. The Bertz CT molecular complexity index is 487. The third-order valence-electron chi connectivity index (χ3n) is 2.83. The molecular weight excluding hydrogens is 250 g/mol. The zero-order chi connectivity index (χ0) is 13.1. The normalized spacial score (nSPS) is 18.1. The van der Waals surface area contributed by atoms with E-state index in [4.69, 9.17) is 5.11 Å². The number of carbonyl (C=O) groups excluding carboxylic acids is 1. The number of aryl methyl sites for hydroxylation is 1. The summed E-state index contributed by atoms with van der Waals surface area (Å²) in [6.07, 6.45) is 1.58. The first kappa shape index (κ1) is 13.0. The van der Waals surface area contributed by atoms with Crippen LogP contribution in [0.5, 0.6) is 0 Å². The van der Waals surface area contributed by atoms with Gasteiger partial charge in [-0.25, -0.2) is 0 Å². The van der Waals surface area contributed by atoms with Gasteiger partial charge in [0.1, 0.15) is 0 Å². The monoisotopic (exact) mass is 265 g/mol. The van der Waals surface area contributed by atoms with Gasteiger partial charge in [0.05, 0.1) is 10.9 Å². The highest BCUT2D eigenvalue weighted by Crippen LogP contribution is 2.36. The third-order valence-corrected chi connectivity index (χ3v) is 3.99. The molecule has 0 radical (unpaired) electrons. The molecule has 1 aromatic carbocycles. The van der Waals surface area contributed by atoms with Gasteiger partial charge < -0.3 is 10.4 Å². The summed E-state index contributed by atoms with van der Waals surface area (Å²) >= 11 is 1.55. The molecule has 0 saturated heterocycles. The molecule has 1 aromatic rings. The van der Waals surface area contributed by atoms with E-state index in [0.29, 0.717) is 6.42 Å². The second-order valence-corrected chi connectivity index (χ2v) is 5.71. The molecule has 0 aliphatic carbocycles. The largest absolute Gasteiger partial charge is 0.481 e. The van der Waals surface area contributed by atoms with Gasteiger partial charge in [-0.2, -0.15) is 0 Å². The summed E-state index contributed by atoms with van der Waals surface area (Å²) in [4.78, 5) is 23.0. The summed E-state index contributed by atoms with van der Waals surface area (Å²) < 4.78 is 0. The Morgan fingerprint density at radius 1 is 1.50 bits per heavy atom. The molecule has 0 saturated carbocycles. The second-order valence-electron chi connectivity index (χ2n) is 4.33. The predicted molar refractivity (Wildman–Crippen MR) is 71.0 cm³/mol. The molecule has 1 heterocycles. The maximum absolute atomic E-state index is 11.5. The lowest BCUT2D eigenvalue weighted by molar-refractivity contribution is -0.137. The highest BCUT2D eigenvalue weighted by molar-refractivity contribution is 8.00. The van der Waals surface area contributed by atoms with Crippen LogP contribution in [0.2, 0.25) is 0 Å². The molecule has 2 rings (SSSR count). The third kappa shape index (κ3) is 3.04. The van der Waals surface area contributed by atoms with Crippen molar-refractivity contribution < 1.29 is 14.7 Å². The molecule has 0 spiro atoms. The molecule has 1 aliphatic heterocycles. The fraction of sp³-hybridized carbons (Fsp3) is 0.385. The zero-order valence-corrected chi connectivity index (χ0v) is 10.9. The van der Waals surface area contributed by atoms with E-state index in [2.05, 4.69) is 5.32 Å². The van der Waals surface area contributed by atoms with Gasteiger partial charge >= 0.3 is 5.97 Å². The van der Waals surface area contributed by atoms with Crippen LogP contribution in [0, 0.1) is 0 Å². The molecule has 2 N–H and O–H groups in total. The smallest absolute Gasteiger partial charge is 0.303 e. The molecule has 5 heteroatoms. The van der Waals surface area contributed by atoms with Crippen LogP contribution in [0.15, 0.2) is 23.1 Å². The number of carbonyl (C=O) groups is 2. The summed E-state index contributed by atoms with van der Waals surface area (Å²) in [7, 11) is 0. The second kappa shape index (κ2) is 5.44. The summed E-state index contributed by atoms with van der Waals surface area (Å²) in [5.74, 6) is -0.727. The minimum atomic E-state index is -0.761. The molecule has 1 unspecified atom stereocenters. The highest BCUT2D eigenvalue weighted by Gasteiger charge is 2.22. The van der Waals surface area contributed by atoms with Crippen LogP contribution >= 0.6 is 11.8 Å². The number of aliphatic carboxylic acids is 1. The van der Waals surface area contributed by atoms with Crippen LogP contribution in [-0.4, -0.2) is 22.2 Å². The zero-order valence-electron chi connectivity index (χ0n) is 10.1. The quantitative estimate of drug-likeness (QED) is 0.878. The van der Waals surface area contributed by atoms with Crippen LogP contribution in [0.3, 0.4) is 0 Å². The fourth-order valence-corrected chi connectivity index (χ4v) is 2.86. The number of rotatable bonds is 4. The van der Waals surface area contributed by atoms with Crippen molar-refractivity contribution in [2.24, 2.45) is 0 Å². The average Bonchev–Trinajstić information content (AvgIpc) is 2.30. The van der Waals surface area contributed by atoms with Crippen molar-refractivity contribution in [3.05, 3.63) is 23.8 Å². The molecule has 1 atom stereocenters. The lowest BCUT2D eigenvalue weighted by atomic mass is 10.1. The molecule has 4 nitrogen and oxygen atoms in total. The predicted octanol–water partition coefficient (Wildman–Crippen LogP) is 2.53. The van der Waals surface area contributed by atoms with Crippen LogP contribution < -0.4 is 5.32 Å². The van der Waals surface area contributed by atoms with E-state index in [1.807, 2.05) is 25.1 Å². The first-order valence-electron chi connectivity index (χ1n) is 5.88. The van der Waals surface area contributed by atoms with Crippen molar-refractivity contribution in [2.75, 3.05) is 5.32 Å². The van der Waals surface area contributed by atoms with Crippen molar-refractivity contribution in [2.45, 2.75) is 36.3 Å². The van der Waals surface area contributed by atoms with Crippen molar-refractivity contribution in [1.82, 2.24) is 0 Å². The van der Waals surface area contributed by atoms with E-state index in [-0.39, 0.29) is 17.6 Å². The first-order chi connectivity index (χ1) is 8.56. The number of hydrogen-bond donors (Lipinski definition) is 2. The maximum atomic E-state index is 11.5. The number of anilines is 1. The van der Waals surface area contributed by atoms with E-state index >= 15 is 0 Å². The fourth-order valence-electron chi connectivity index (χ4n) is 1.85. The Morgan fingerprint density at radius 3 is 3.00 bits per heavy atom. The molecule has 96 valence electrons. The number of nitrogens with one attached hydrogen (secondary N) is 1. The summed E-state index contributed by atoms with van der Waals surface area (Å²) in [6, 6.07) is 5.87. The number of amides is 1. The van der Waals surface area contributed by atoms with Gasteiger partial charge in [-0.05, 0) is 37.5 Å². The van der Waals surface area contributed by atoms with Gasteiger partial charge in [0, 0.05) is 11.3 Å². The molecule has 1 amide bonds. The molecule has 1 aliphatic rings. The van der Waals surface area contributed by atoms with Gasteiger partial charge in [-0.1, -0.05) is 6.07 Å². The number of thioether (sulfide) groups is 1. The van der Waals surface area contributed by atoms with Crippen molar-refractivity contribution in [3.63, 3.8) is 0 Å². The molecule has 0 fully saturated rings. The van der Waals surface area contributed by atoms with E-state index in [1.54, 1.807) is 11.8 Å². The lowest BCUT2D eigenvalue weighted by Crippen LogP contribution is -2.26. The maximum Gasteiger partial charge on any atom is 0.303 e. The van der Waals surface area contributed by atoms with Gasteiger partial charge in [-0.15, -0.1) is 11.8 Å². The number of carboxylic acids is 1. The van der Waals surface area contributed by atoms with Crippen molar-refractivity contribution >= 4 is 29.3 Å². The molecule has 18 heavy (non-hydrogen) atoms. The number of carboxylic acid groups (broad SMARTS) is 1. The van der Waals surface area contributed by atoms with Crippen LogP contribution in [0.4, 0.5) is 5.69 Å². The summed E-state index contributed by atoms with van der Waals surface area (Å²) in [5, 5.41) is 11.4. The Balaban J connectivity index is 2.05. The number of fused-ring (bicyclic) bond motifs is 1. The molecular formula is C13H15NO3S. The standard InChI is InChI=1S/C13H15NO3S/c1-8-13(17)14-10-6-5-9(7-11(10)18-8)3-2-4-12(15)16/h5-8H,2-4H2,1H3,(H,14,17)(H,15,16). The minimum Gasteiger partial charge on any atom is -0.481 e. The SMILES string of the molecule is CC1Sc2cc(CCCC(=O)O)ccc2NC1=O. The van der Waals surface area contributed by atoms with Crippen molar-refractivity contribution in [3.8, 4) is 0 Å². The minimum absolute atomic E-state index is 0.0335. The Hall–Kier alpha value is -1.49. The van der Waals surface area contributed by atoms with E-state index < -0.39 is 5.97 Å². The average molecular weight is 265 g/mol.